The number of rotatable bonds is 2. The number of fused-ring (bicyclic) bond motifs is 1. The summed E-state index contributed by atoms with van der Waals surface area (Å²) in [4.78, 5) is 23.1. The van der Waals surface area contributed by atoms with Crippen molar-refractivity contribution in [1.29, 1.82) is 0 Å². The Morgan fingerprint density at radius 1 is 1.29 bits per heavy atom. The lowest BCUT2D eigenvalue weighted by molar-refractivity contribution is 0.0697. The predicted molar refractivity (Wildman–Crippen MR) is 72.7 cm³/mol. The molecule has 8 heteroatoms. The van der Waals surface area contributed by atoms with Crippen molar-refractivity contribution in [2.24, 2.45) is 0 Å². The van der Waals surface area contributed by atoms with Crippen LogP contribution in [-0.2, 0) is 0 Å². The molecule has 0 amide bonds. The Labute approximate surface area is 121 Å². The minimum atomic E-state index is -1.23. The van der Waals surface area contributed by atoms with Crippen LogP contribution in [0.1, 0.15) is 10.4 Å². The first kappa shape index (κ1) is 13.3. The fraction of sp³-hybridized carbons (Fsp3) is 0. The summed E-state index contributed by atoms with van der Waals surface area (Å²) in [7, 11) is 0. The Morgan fingerprint density at radius 2 is 2.05 bits per heavy atom. The number of halogens is 2. The molecular formula is C13H7ClFN3O3. The number of nitrogens with zero attached hydrogens (tertiary/aromatic N) is 3. The summed E-state index contributed by atoms with van der Waals surface area (Å²) in [5, 5.41) is 13.2. The molecule has 1 aromatic carbocycles. The summed E-state index contributed by atoms with van der Waals surface area (Å²) in [5.41, 5.74) is -0.758. The van der Waals surface area contributed by atoms with E-state index >= 15 is 0 Å². The van der Waals surface area contributed by atoms with Crippen LogP contribution in [0, 0.1) is 5.82 Å². The standard InChI is InChI=1S/C13H7ClFN3O3/c14-8-2-4-11-16-18(13(21)17(11)6-8)10-5-7(12(19)20)1-3-9(10)15/h1-6H,(H,19,20). The van der Waals surface area contributed by atoms with E-state index in [0.717, 1.165) is 27.3 Å². The van der Waals surface area contributed by atoms with Crippen molar-refractivity contribution in [3.63, 3.8) is 0 Å². The van der Waals surface area contributed by atoms with Crippen LogP contribution in [-0.4, -0.2) is 25.3 Å². The maximum atomic E-state index is 13.9. The van der Waals surface area contributed by atoms with Gasteiger partial charge in [0.25, 0.3) is 0 Å². The Hall–Kier alpha value is -2.67. The fourth-order valence-corrected chi connectivity index (χ4v) is 2.07. The van der Waals surface area contributed by atoms with Crippen LogP contribution in [0.15, 0.2) is 41.3 Å². The van der Waals surface area contributed by atoms with Crippen LogP contribution in [0.5, 0.6) is 0 Å². The molecule has 0 bridgehead atoms. The highest BCUT2D eigenvalue weighted by atomic mass is 35.5. The summed E-state index contributed by atoms with van der Waals surface area (Å²) in [6.45, 7) is 0. The summed E-state index contributed by atoms with van der Waals surface area (Å²) >= 11 is 5.80. The lowest BCUT2D eigenvalue weighted by Gasteiger charge is -2.02. The first-order valence-electron chi connectivity index (χ1n) is 5.77. The van der Waals surface area contributed by atoms with Crippen LogP contribution in [0.25, 0.3) is 11.3 Å². The van der Waals surface area contributed by atoms with E-state index in [1.165, 1.54) is 18.3 Å². The Kier molecular flexibility index (Phi) is 2.99. The first-order chi connectivity index (χ1) is 9.97. The van der Waals surface area contributed by atoms with Crippen molar-refractivity contribution < 1.29 is 14.3 Å². The molecule has 2 heterocycles. The third kappa shape index (κ3) is 2.17. The highest BCUT2D eigenvalue weighted by Gasteiger charge is 2.15. The van der Waals surface area contributed by atoms with Crippen LogP contribution >= 0.6 is 11.6 Å². The zero-order valence-corrected chi connectivity index (χ0v) is 11.1. The Morgan fingerprint density at radius 3 is 2.76 bits per heavy atom. The molecule has 3 aromatic rings. The number of hydrogen-bond donors (Lipinski definition) is 1. The minimum Gasteiger partial charge on any atom is -0.478 e. The smallest absolute Gasteiger partial charge is 0.355 e. The molecule has 3 rings (SSSR count). The molecule has 0 aliphatic rings. The number of benzene rings is 1. The fourth-order valence-electron chi connectivity index (χ4n) is 1.91. The van der Waals surface area contributed by atoms with Crippen LogP contribution < -0.4 is 5.69 Å². The Balaban J connectivity index is 2.30. The number of carboxylic acid groups (broad SMARTS) is 1. The van der Waals surface area contributed by atoms with Gasteiger partial charge in [-0.1, -0.05) is 11.6 Å². The van der Waals surface area contributed by atoms with Crippen LogP contribution in [0.4, 0.5) is 4.39 Å². The van der Waals surface area contributed by atoms with Gasteiger partial charge in [0.15, 0.2) is 5.65 Å². The van der Waals surface area contributed by atoms with E-state index in [1.807, 2.05) is 0 Å². The first-order valence-corrected chi connectivity index (χ1v) is 6.15. The number of hydrogen-bond acceptors (Lipinski definition) is 3. The largest absolute Gasteiger partial charge is 0.478 e. The van der Waals surface area contributed by atoms with E-state index in [4.69, 9.17) is 16.7 Å². The number of aromatic nitrogens is 3. The number of carbonyl (C=O) groups is 1. The van der Waals surface area contributed by atoms with E-state index in [1.54, 1.807) is 0 Å². The van der Waals surface area contributed by atoms with Gasteiger partial charge in [0.05, 0.1) is 10.6 Å². The van der Waals surface area contributed by atoms with E-state index in [-0.39, 0.29) is 16.9 Å². The van der Waals surface area contributed by atoms with Gasteiger partial charge in [0, 0.05) is 6.20 Å². The Bertz CT molecular complexity index is 932. The molecule has 0 aliphatic carbocycles. The molecule has 0 fully saturated rings. The molecule has 0 unspecified atom stereocenters. The molecule has 0 spiro atoms. The van der Waals surface area contributed by atoms with Gasteiger partial charge in [0.1, 0.15) is 11.5 Å². The molecule has 0 saturated heterocycles. The average Bonchev–Trinajstić information content (AvgIpc) is 2.76. The van der Waals surface area contributed by atoms with E-state index in [0.29, 0.717) is 5.02 Å². The quantitative estimate of drug-likeness (QED) is 0.785. The third-order valence-electron chi connectivity index (χ3n) is 2.90. The normalized spacial score (nSPS) is 11.0. The van der Waals surface area contributed by atoms with Gasteiger partial charge in [-0.2, -0.15) is 4.68 Å². The second kappa shape index (κ2) is 4.71. The van der Waals surface area contributed by atoms with Crippen LogP contribution in [0.2, 0.25) is 5.02 Å². The van der Waals surface area contributed by atoms with Gasteiger partial charge in [-0.15, -0.1) is 5.10 Å². The number of aromatic carboxylic acids is 1. The van der Waals surface area contributed by atoms with E-state index < -0.39 is 17.5 Å². The van der Waals surface area contributed by atoms with Crippen molar-refractivity contribution in [3.05, 3.63) is 63.4 Å². The van der Waals surface area contributed by atoms with Gasteiger partial charge < -0.3 is 5.11 Å². The van der Waals surface area contributed by atoms with Gasteiger partial charge >= 0.3 is 11.7 Å². The lowest BCUT2D eigenvalue weighted by Crippen LogP contribution is -2.20. The molecule has 0 radical (unpaired) electrons. The minimum absolute atomic E-state index is 0.145. The van der Waals surface area contributed by atoms with Crippen molar-refractivity contribution >= 4 is 23.2 Å². The highest BCUT2D eigenvalue weighted by molar-refractivity contribution is 6.30. The molecule has 0 atom stereocenters. The lowest BCUT2D eigenvalue weighted by atomic mass is 10.2. The van der Waals surface area contributed by atoms with E-state index in [9.17, 15) is 14.0 Å². The zero-order chi connectivity index (χ0) is 15.1. The monoisotopic (exact) mass is 307 g/mol. The van der Waals surface area contributed by atoms with Gasteiger partial charge in [-0.05, 0) is 30.3 Å². The molecule has 21 heavy (non-hydrogen) atoms. The maximum Gasteiger partial charge on any atom is 0.355 e. The van der Waals surface area contributed by atoms with E-state index in [2.05, 4.69) is 5.10 Å². The second-order valence-corrected chi connectivity index (χ2v) is 4.68. The number of carboxylic acids is 1. The SMILES string of the molecule is O=C(O)c1ccc(F)c(-n2nc3ccc(Cl)cn3c2=O)c1. The molecule has 0 aliphatic heterocycles. The van der Waals surface area contributed by atoms with Gasteiger partial charge in [0.2, 0.25) is 0 Å². The maximum absolute atomic E-state index is 13.9. The second-order valence-electron chi connectivity index (χ2n) is 4.24. The van der Waals surface area contributed by atoms with Gasteiger partial charge in [-0.3, -0.25) is 0 Å². The number of pyridine rings is 1. The molecule has 106 valence electrons. The topological polar surface area (TPSA) is 76.6 Å². The average molecular weight is 308 g/mol. The highest BCUT2D eigenvalue weighted by Crippen LogP contribution is 2.15. The van der Waals surface area contributed by atoms with Crippen LogP contribution in [0.3, 0.4) is 0 Å². The van der Waals surface area contributed by atoms with Crippen molar-refractivity contribution in [2.75, 3.05) is 0 Å². The summed E-state index contributed by atoms with van der Waals surface area (Å²) in [6, 6.07) is 6.17. The van der Waals surface area contributed by atoms with Crippen molar-refractivity contribution in [3.8, 4) is 5.69 Å². The molecule has 6 nitrogen and oxygen atoms in total. The zero-order valence-electron chi connectivity index (χ0n) is 10.3. The third-order valence-corrected chi connectivity index (χ3v) is 3.13. The molecule has 1 N–H and O–H groups in total. The molecule has 0 saturated carbocycles. The molecular weight excluding hydrogens is 301 g/mol. The summed E-state index contributed by atoms with van der Waals surface area (Å²) in [5.74, 6) is -1.98. The van der Waals surface area contributed by atoms with Crippen molar-refractivity contribution in [1.82, 2.24) is 14.2 Å². The van der Waals surface area contributed by atoms with Crippen molar-refractivity contribution in [2.45, 2.75) is 0 Å². The predicted octanol–water partition coefficient (Wildman–Crippen LogP) is 1.98. The van der Waals surface area contributed by atoms with Gasteiger partial charge in [-0.25, -0.2) is 18.4 Å². The summed E-state index contributed by atoms with van der Waals surface area (Å²) < 4.78 is 15.8. The summed E-state index contributed by atoms with van der Waals surface area (Å²) in [6.07, 6.45) is 1.35. The molecule has 2 aromatic heterocycles.